The summed E-state index contributed by atoms with van der Waals surface area (Å²) >= 11 is 3.27. The largest absolute Gasteiger partial charge is 0.466 e. The summed E-state index contributed by atoms with van der Waals surface area (Å²) in [7, 11) is 0. The Morgan fingerprint density at radius 3 is 2.68 bits per heavy atom. The average molecular weight is 449 g/mol. The number of ether oxygens (including phenoxy) is 1. The number of anilines is 1. The fraction of sp³-hybridized carbons (Fsp3) is 0.500. The van der Waals surface area contributed by atoms with Crippen molar-refractivity contribution in [1.29, 1.82) is 0 Å². The van der Waals surface area contributed by atoms with Crippen LogP contribution in [0.3, 0.4) is 0 Å². The number of carbonyl (C=O) groups is 1. The molecule has 148 valence electrons. The number of rotatable bonds is 5. The summed E-state index contributed by atoms with van der Waals surface area (Å²) in [4.78, 5) is 25.2. The van der Waals surface area contributed by atoms with Gasteiger partial charge in [0, 0.05) is 12.2 Å². The SMILES string of the molecule is CCOC(=O)[C@@H]1C2CCC(CC2)[C@H]1Nc1nc(Br)nc(-c2ccccn2)c1F. The van der Waals surface area contributed by atoms with E-state index in [9.17, 15) is 4.79 Å². The monoisotopic (exact) mass is 448 g/mol. The van der Waals surface area contributed by atoms with Crippen LogP contribution in [0, 0.1) is 23.6 Å². The number of hydrogen-bond acceptors (Lipinski definition) is 6. The van der Waals surface area contributed by atoms with Crippen molar-refractivity contribution in [2.24, 2.45) is 17.8 Å². The zero-order chi connectivity index (χ0) is 19.7. The fourth-order valence-corrected chi connectivity index (χ4v) is 4.94. The Balaban J connectivity index is 1.68. The van der Waals surface area contributed by atoms with E-state index in [2.05, 4.69) is 36.2 Å². The third kappa shape index (κ3) is 3.62. The second-order valence-electron chi connectivity index (χ2n) is 7.34. The minimum atomic E-state index is -0.564. The van der Waals surface area contributed by atoms with Crippen molar-refractivity contribution in [2.75, 3.05) is 11.9 Å². The lowest BCUT2D eigenvalue weighted by atomic mass is 9.61. The third-order valence-electron chi connectivity index (χ3n) is 5.81. The van der Waals surface area contributed by atoms with E-state index in [1.54, 1.807) is 24.4 Å². The molecule has 0 radical (unpaired) electrons. The molecule has 28 heavy (non-hydrogen) atoms. The van der Waals surface area contributed by atoms with Crippen LogP contribution in [0.1, 0.15) is 32.6 Å². The van der Waals surface area contributed by atoms with Crippen molar-refractivity contribution in [1.82, 2.24) is 15.0 Å². The van der Waals surface area contributed by atoms with Crippen LogP contribution in [0.5, 0.6) is 0 Å². The van der Waals surface area contributed by atoms with Gasteiger partial charge in [0.05, 0.1) is 18.2 Å². The summed E-state index contributed by atoms with van der Waals surface area (Å²) in [6, 6.07) is 5.05. The van der Waals surface area contributed by atoms with Gasteiger partial charge in [-0.25, -0.2) is 14.4 Å². The highest BCUT2D eigenvalue weighted by Crippen LogP contribution is 2.47. The zero-order valence-corrected chi connectivity index (χ0v) is 17.2. The number of fused-ring (bicyclic) bond motifs is 3. The van der Waals surface area contributed by atoms with Crippen molar-refractivity contribution >= 4 is 27.7 Å². The van der Waals surface area contributed by atoms with Gasteiger partial charge in [0.15, 0.2) is 16.4 Å². The van der Waals surface area contributed by atoms with Crippen LogP contribution in [0.2, 0.25) is 0 Å². The number of nitrogens with zero attached hydrogens (tertiary/aromatic N) is 3. The topological polar surface area (TPSA) is 77.0 Å². The molecule has 2 aromatic rings. The molecular formula is C20H22BrFN4O2. The Bertz CT molecular complexity index is 859. The second kappa shape index (κ2) is 8.11. The van der Waals surface area contributed by atoms with Gasteiger partial charge in [-0.1, -0.05) is 6.07 Å². The van der Waals surface area contributed by atoms with Crippen LogP contribution in [0.15, 0.2) is 29.1 Å². The number of pyridine rings is 1. The van der Waals surface area contributed by atoms with E-state index in [0.29, 0.717) is 18.2 Å². The Morgan fingerprint density at radius 1 is 1.25 bits per heavy atom. The molecular weight excluding hydrogens is 427 g/mol. The average Bonchev–Trinajstić information content (AvgIpc) is 2.72. The number of nitrogens with one attached hydrogen (secondary N) is 1. The van der Waals surface area contributed by atoms with Crippen LogP contribution in [-0.2, 0) is 9.53 Å². The van der Waals surface area contributed by atoms with Gasteiger partial charge in [-0.15, -0.1) is 0 Å². The van der Waals surface area contributed by atoms with Gasteiger partial charge in [-0.3, -0.25) is 9.78 Å². The predicted octanol–water partition coefficient (Wildman–Crippen LogP) is 4.22. The van der Waals surface area contributed by atoms with E-state index in [4.69, 9.17) is 4.74 Å². The van der Waals surface area contributed by atoms with Gasteiger partial charge in [0.1, 0.15) is 5.69 Å². The minimum Gasteiger partial charge on any atom is -0.466 e. The Kier molecular flexibility index (Phi) is 5.57. The van der Waals surface area contributed by atoms with E-state index in [0.717, 1.165) is 25.7 Å². The molecule has 3 saturated carbocycles. The van der Waals surface area contributed by atoms with Gasteiger partial charge in [0.2, 0.25) is 0 Å². The van der Waals surface area contributed by atoms with E-state index >= 15 is 4.39 Å². The van der Waals surface area contributed by atoms with Crippen LogP contribution < -0.4 is 5.32 Å². The van der Waals surface area contributed by atoms with Gasteiger partial charge < -0.3 is 10.1 Å². The van der Waals surface area contributed by atoms with Crippen LogP contribution in [-0.4, -0.2) is 33.6 Å². The molecule has 0 spiro atoms. The molecule has 0 aromatic carbocycles. The Morgan fingerprint density at radius 2 is 2.00 bits per heavy atom. The van der Waals surface area contributed by atoms with Crippen molar-refractivity contribution in [2.45, 2.75) is 38.6 Å². The first-order valence-electron chi connectivity index (χ1n) is 9.66. The van der Waals surface area contributed by atoms with E-state index in [1.165, 1.54) is 0 Å². The van der Waals surface area contributed by atoms with Crippen LogP contribution in [0.4, 0.5) is 10.2 Å². The molecule has 3 aliphatic rings. The van der Waals surface area contributed by atoms with Crippen molar-refractivity contribution in [3.8, 4) is 11.4 Å². The van der Waals surface area contributed by atoms with Gasteiger partial charge in [0.25, 0.3) is 0 Å². The zero-order valence-electron chi connectivity index (χ0n) is 15.6. The number of halogens is 2. The second-order valence-corrected chi connectivity index (χ2v) is 8.05. The standard InChI is InChI=1S/C20H22BrFN4O2/c1-2-28-19(27)14-11-6-8-12(9-7-11)16(14)24-18-15(22)17(25-20(21)26-18)13-5-3-4-10-23-13/h3-5,10-12,14,16H,2,6-9H2,1H3,(H,24,25,26)/t11?,12?,14-,16-/m1/s1. The van der Waals surface area contributed by atoms with Crippen molar-refractivity contribution in [3.05, 3.63) is 34.9 Å². The summed E-state index contributed by atoms with van der Waals surface area (Å²) in [6.07, 6.45) is 5.68. The first-order chi connectivity index (χ1) is 13.6. The highest BCUT2D eigenvalue weighted by molar-refractivity contribution is 9.10. The molecule has 3 fully saturated rings. The lowest BCUT2D eigenvalue weighted by Gasteiger charge is -2.47. The van der Waals surface area contributed by atoms with Gasteiger partial charge >= 0.3 is 5.97 Å². The third-order valence-corrected chi connectivity index (χ3v) is 6.17. The van der Waals surface area contributed by atoms with Crippen molar-refractivity contribution in [3.63, 3.8) is 0 Å². The lowest BCUT2D eigenvalue weighted by molar-refractivity contribution is -0.154. The number of esters is 1. The van der Waals surface area contributed by atoms with Crippen LogP contribution in [0.25, 0.3) is 11.4 Å². The molecule has 1 N–H and O–H groups in total. The maximum absolute atomic E-state index is 15.2. The number of carbonyl (C=O) groups excluding carboxylic acids is 1. The molecule has 2 heterocycles. The molecule has 0 aliphatic heterocycles. The fourth-order valence-electron chi connectivity index (χ4n) is 4.58. The summed E-state index contributed by atoms with van der Waals surface area (Å²) in [5.74, 6) is -0.386. The number of hydrogen-bond donors (Lipinski definition) is 1. The summed E-state index contributed by atoms with van der Waals surface area (Å²) < 4.78 is 20.8. The maximum Gasteiger partial charge on any atom is 0.311 e. The van der Waals surface area contributed by atoms with Crippen molar-refractivity contribution < 1.29 is 13.9 Å². The molecule has 2 aromatic heterocycles. The predicted molar refractivity (Wildman–Crippen MR) is 106 cm³/mol. The summed E-state index contributed by atoms with van der Waals surface area (Å²) in [6.45, 7) is 2.15. The van der Waals surface area contributed by atoms with Gasteiger partial charge in [-0.2, -0.15) is 0 Å². The quantitative estimate of drug-likeness (QED) is 0.544. The Labute approximate surface area is 171 Å². The van der Waals surface area contributed by atoms with Crippen LogP contribution >= 0.6 is 15.9 Å². The van der Waals surface area contributed by atoms with E-state index < -0.39 is 5.82 Å². The molecule has 0 unspecified atom stereocenters. The molecule has 3 aliphatic carbocycles. The molecule has 0 amide bonds. The van der Waals surface area contributed by atoms with Gasteiger partial charge in [-0.05, 0) is 72.5 Å². The molecule has 6 nitrogen and oxygen atoms in total. The Hall–Kier alpha value is -2.09. The van der Waals surface area contributed by atoms with E-state index in [1.807, 2.05) is 6.92 Å². The minimum absolute atomic E-state index is 0.0920. The first kappa shape index (κ1) is 19.2. The summed E-state index contributed by atoms with van der Waals surface area (Å²) in [5.41, 5.74) is 0.553. The molecule has 8 heteroatoms. The maximum atomic E-state index is 15.2. The highest BCUT2D eigenvalue weighted by atomic mass is 79.9. The normalized spacial score (nSPS) is 26.1. The van der Waals surface area contributed by atoms with E-state index in [-0.39, 0.29) is 40.1 Å². The molecule has 5 rings (SSSR count). The molecule has 2 atom stereocenters. The molecule has 0 saturated heterocycles. The molecule has 2 bridgehead atoms. The highest BCUT2D eigenvalue weighted by Gasteiger charge is 2.48. The lowest BCUT2D eigenvalue weighted by Crippen LogP contribution is -2.52. The summed E-state index contributed by atoms with van der Waals surface area (Å²) in [5, 5.41) is 3.24. The first-order valence-corrected chi connectivity index (χ1v) is 10.5. The smallest absolute Gasteiger partial charge is 0.311 e. The number of aromatic nitrogens is 3.